The molecule has 3 aromatic carbocycles. The predicted molar refractivity (Wildman–Crippen MR) is 149 cm³/mol. The summed E-state index contributed by atoms with van der Waals surface area (Å²) in [6, 6.07) is 23.7. The number of piperidine rings is 1. The normalized spacial score (nSPS) is 17.1. The smallest absolute Gasteiger partial charge is 0.406 e. The van der Waals surface area contributed by atoms with Crippen LogP contribution in [0, 0.1) is 0 Å². The van der Waals surface area contributed by atoms with Gasteiger partial charge in [0.05, 0.1) is 4.90 Å². The number of alkyl halides is 3. The van der Waals surface area contributed by atoms with E-state index < -0.39 is 27.7 Å². The Morgan fingerprint density at radius 1 is 0.929 bits per heavy atom. The highest BCUT2D eigenvalue weighted by Crippen LogP contribution is 2.36. The largest absolute Gasteiger partial charge is 0.573 e. The Morgan fingerprint density at radius 3 is 2.00 bits per heavy atom. The zero-order valence-electron chi connectivity index (χ0n) is 22.6. The van der Waals surface area contributed by atoms with E-state index in [9.17, 15) is 26.4 Å². The third-order valence-electron chi connectivity index (χ3n) is 7.42. The minimum Gasteiger partial charge on any atom is -0.406 e. The van der Waals surface area contributed by atoms with E-state index in [0.717, 1.165) is 35.4 Å². The number of hydrogen-bond donors (Lipinski definition) is 1. The first-order chi connectivity index (χ1) is 20.0. The highest BCUT2D eigenvalue weighted by molar-refractivity contribution is 7.89. The lowest BCUT2D eigenvalue weighted by atomic mass is 9.87. The van der Waals surface area contributed by atoms with Gasteiger partial charge in [-0.15, -0.1) is 13.2 Å². The van der Waals surface area contributed by atoms with Crippen LogP contribution in [-0.2, 0) is 32.5 Å². The van der Waals surface area contributed by atoms with Crippen LogP contribution >= 0.6 is 0 Å². The number of ether oxygens (including phenoxy) is 1. The summed E-state index contributed by atoms with van der Waals surface area (Å²) in [5.74, 6) is -0.823. The van der Waals surface area contributed by atoms with Crippen molar-refractivity contribution in [3.63, 3.8) is 0 Å². The summed E-state index contributed by atoms with van der Waals surface area (Å²) in [7, 11) is -3.95. The molecule has 5 rings (SSSR count). The Hall–Kier alpha value is -3.90. The molecule has 0 saturated carbocycles. The molecule has 1 N–H and O–H groups in total. The Balaban J connectivity index is 1.18. The second-order valence-corrected chi connectivity index (χ2v) is 12.4. The van der Waals surface area contributed by atoms with Crippen molar-refractivity contribution in [2.75, 3.05) is 13.1 Å². The third-order valence-corrected chi connectivity index (χ3v) is 9.33. The zero-order chi connectivity index (χ0) is 29.8. The fourth-order valence-electron chi connectivity index (χ4n) is 5.25. The van der Waals surface area contributed by atoms with E-state index in [1.54, 1.807) is 0 Å². The summed E-state index contributed by atoms with van der Waals surface area (Å²) >= 11 is 0. The lowest BCUT2D eigenvalue weighted by molar-refractivity contribution is -0.274. The molecular formula is C30H30F3N3O5S. The van der Waals surface area contributed by atoms with Crippen LogP contribution in [-0.4, -0.2) is 55.4 Å². The van der Waals surface area contributed by atoms with E-state index in [1.165, 1.54) is 4.31 Å². The Kier molecular flexibility index (Phi) is 8.55. The molecule has 2 heterocycles. The van der Waals surface area contributed by atoms with E-state index in [2.05, 4.69) is 15.2 Å². The van der Waals surface area contributed by atoms with Gasteiger partial charge in [0.1, 0.15) is 17.1 Å². The number of benzene rings is 3. The number of rotatable bonds is 9. The zero-order valence-corrected chi connectivity index (χ0v) is 23.4. The van der Waals surface area contributed by atoms with Crippen LogP contribution in [0.4, 0.5) is 13.2 Å². The molecule has 222 valence electrons. The molecule has 0 radical (unpaired) electrons. The van der Waals surface area contributed by atoms with Gasteiger partial charge in [0.25, 0.3) is 5.91 Å². The van der Waals surface area contributed by atoms with E-state index >= 15 is 0 Å². The number of halogens is 3. The molecule has 1 spiro atoms. The summed E-state index contributed by atoms with van der Waals surface area (Å²) in [6.07, 6.45) is -2.74. The van der Waals surface area contributed by atoms with Crippen molar-refractivity contribution in [3.05, 3.63) is 96.1 Å². The van der Waals surface area contributed by atoms with Gasteiger partial charge < -0.3 is 14.9 Å². The molecule has 0 aliphatic carbocycles. The van der Waals surface area contributed by atoms with Gasteiger partial charge in [-0.2, -0.15) is 4.31 Å². The maximum atomic E-state index is 13.3. The molecule has 0 atom stereocenters. The summed E-state index contributed by atoms with van der Waals surface area (Å²) in [4.78, 5) is 18.9. The van der Waals surface area contributed by atoms with Crippen molar-refractivity contribution in [1.82, 2.24) is 9.62 Å². The third kappa shape index (κ3) is 7.29. The van der Waals surface area contributed by atoms with Gasteiger partial charge in [-0.1, -0.05) is 65.8 Å². The monoisotopic (exact) mass is 601 g/mol. The van der Waals surface area contributed by atoms with Crippen LogP contribution in [0.3, 0.4) is 0 Å². The maximum Gasteiger partial charge on any atom is 0.573 e. The SMILES string of the molecule is O=C(NC(Cc1ccccc1)Cc1ccccc1)C1=NOC2(CCN(S(=O)(=O)c3ccc(OC(F)(F)F)cc3)CC2)C1. The van der Waals surface area contributed by atoms with Gasteiger partial charge in [0.15, 0.2) is 0 Å². The molecular weight excluding hydrogens is 571 g/mol. The average Bonchev–Trinajstić information content (AvgIpc) is 3.37. The summed E-state index contributed by atoms with van der Waals surface area (Å²) in [5.41, 5.74) is 1.65. The molecule has 0 unspecified atom stereocenters. The number of sulfonamides is 1. The molecule has 1 fully saturated rings. The minimum atomic E-state index is -4.87. The fourth-order valence-corrected chi connectivity index (χ4v) is 6.69. The quantitative estimate of drug-likeness (QED) is 0.378. The second-order valence-electron chi connectivity index (χ2n) is 10.5. The molecule has 12 heteroatoms. The van der Waals surface area contributed by atoms with E-state index in [0.29, 0.717) is 25.7 Å². The van der Waals surface area contributed by atoms with Crippen LogP contribution in [0.5, 0.6) is 5.75 Å². The Morgan fingerprint density at radius 2 is 1.48 bits per heavy atom. The van der Waals surface area contributed by atoms with Gasteiger partial charge in [0.2, 0.25) is 10.0 Å². The maximum absolute atomic E-state index is 13.3. The first-order valence-electron chi connectivity index (χ1n) is 13.5. The number of amides is 1. The number of oxime groups is 1. The van der Waals surface area contributed by atoms with Crippen molar-refractivity contribution in [1.29, 1.82) is 0 Å². The molecule has 2 aliphatic heterocycles. The molecule has 2 aliphatic rings. The molecule has 42 heavy (non-hydrogen) atoms. The van der Waals surface area contributed by atoms with E-state index in [4.69, 9.17) is 4.84 Å². The van der Waals surface area contributed by atoms with Crippen LogP contribution < -0.4 is 10.1 Å². The van der Waals surface area contributed by atoms with Crippen molar-refractivity contribution < 1.29 is 36.0 Å². The average molecular weight is 602 g/mol. The van der Waals surface area contributed by atoms with Crippen molar-refractivity contribution in [2.45, 2.75) is 55.0 Å². The Bertz CT molecular complexity index is 1470. The van der Waals surface area contributed by atoms with Crippen molar-refractivity contribution in [3.8, 4) is 5.75 Å². The van der Waals surface area contributed by atoms with Crippen LogP contribution in [0.1, 0.15) is 30.4 Å². The molecule has 1 saturated heterocycles. The lowest BCUT2D eigenvalue weighted by Gasteiger charge is -2.36. The predicted octanol–water partition coefficient (Wildman–Crippen LogP) is 4.86. The Labute approximate surface area is 242 Å². The molecule has 8 nitrogen and oxygen atoms in total. The van der Waals surface area contributed by atoms with Crippen molar-refractivity contribution in [2.24, 2.45) is 5.16 Å². The van der Waals surface area contributed by atoms with Crippen molar-refractivity contribution >= 4 is 21.6 Å². The van der Waals surface area contributed by atoms with E-state index in [-0.39, 0.29) is 42.1 Å². The van der Waals surface area contributed by atoms with Gasteiger partial charge in [0, 0.05) is 38.4 Å². The topological polar surface area (TPSA) is 97.3 Å². The summed E-state index contributed by atoms with van der Waals surface area (Å²) < 4.78 is 68.6. The second kappa shape index (κ2) is 12.1. The number of carbonyl (C=O) groups is 1. The highest BCUT2D eigenvalue weighted by atomic mass is 32.2. The van der Waals surface area contributed by atoms with Gasteiger partial charge in [-0.25, -0.2) is 8.42 Å². The van der Waals surface area contributed by atoms with Crippen LogP contribution in [0.15, 0.2) is 95.0 Å². The fraction of sp³-hybridized carbons (Fsp3) is 0.333. The summed E-state index contributed by atoms with van der Waals surface area (Å²) in [5, 5.41) is 7.21. The lowest BCUT2D eigenvalue weighted by Crippen LogP contribution is -2.48. The molecule has 0 bridgehead atoms. The number of carbonyl (C=O) groups excluding carboxylic acids is 1. The first kappa shape index (κ1) is 29.6. The molecule has 1 amide bonds. The van der Waals surface area contributed by atoms with Gasteiger partial charge in [-0.3, -0.25) is 4.79 Å². The van der Waals surface area contributed by atoms with Crippen LogP contribution in [0.2, 0.25) is 0 Å². The molecule has 3 aromatic rings. The first-order valence-corrected chi connectivity index (χ1v) is 15.0. The molecule has 0 aromatic heterocycles. The highest BCUT2D eigenvalue weighted by Gasteiger charge is 2.46. The van der Waals surface area contributed by atoms with Gasteiger partial charge in [-0.05, 0) is 48.2 Å². The number of nitrogens with zero attached hydrogens (tertiary/aromatic N) is 2. The van der Waals surface area contributed by atoms with Crippen LogP contribution in [0.25, 0.3) is 0 Å². The van der Waals surface area contributed by atoms with Gasteiger partial charge >= 0.3 is 6.36 Å². The number of nitrogens with one attached hydrogen (secondary N) is 1. The summed E-state index contributed by atoms with van der Waals surface area (Å²) in [6.45, 7) is 0.219. The number of hydrogen-bond acceptors (Lipinski definition) is 6. The minimum absolute atomic E-state index is 0.109. The van der Waals surface area contributed by atoms with E-state index in [1.807, 2.05) is 60.7 Å². The standard InChI is InChI=1S/C30H30F3N3O5S/c31-30(32,33)40-25-11-13-26(14-12-25)42(38,39)36-17-15-29(16-18-36)21-27(35-41-29)28(37)34-24(19-22-7-3-1-4-8-22)20-23-9-5-2-6-10-23/h1-14,24H,15-21H2,(H,34,37).